The van der Waals surface area contributed by atoms with Gasteiger partial charge >= 0.3 is 6.18 Å². The maximum atomic E-state index is 13.1. The maximum absolute atomic E-state index is 13.1. The number of alkyl halides is 3. The molecule has 4 rings (SSSR count). The first-order valence-electron chi connectivity index (χ1n) is 10.9. The number of likely N-dealkylation sites (tertiary alicyclic amines) is 1. The molecule has 0 spiro atoms. The summed E-state index contributed by atoms with van der Waals surface area (Å²) in [5.74, 6) is -0.825. The lowest BCUT2D eigenvalue weighted by Crippen LogP contribution is -2.39. The molecule has 0 radical (unpaired) electrons. The predicted molar refractivity (Wildman–Crippen MR) is 122 cm³/mol. The molecule has 35 heavy (non-hydrogen) atoms. The van der Waals surface area contributed by atoms with Crippen molar-refractivity contribution in [1.29, 1.82) is 0 Å². The zero-order valence-corrected chi connectivity index (χ0v) is 18.9. The Balaban J connectivity index is 1.52. The van der Waals surface area contributed by atoms with E-state index in [1.807, 2.05) is 11.0 Å². The highest BCUT2D eigenvalue weighted by atomic mass is 19.4. The summed E-state index contributed by atoms with van der Waals surface area (Å²) in [4.78, 5) is 26.6. The molecule has 1 saturated heterocycles. The molecule has 8 nitrogen and oxygen atoms in total. The monoisotopic (exact) mass is 487 g/mol. The topological polar surface area (TPSA) is 102 Å². The average Bonchev–Trinajstić information content (AvgIpc) is 3.46. The van der Waals surface area contributed by atoms with Crippen LogP contribution < -0.4 is 15.8 Å². The van der Waals surface area contributed by atoms with Crippen LogP contribution in [-0.2, 0) is 17.5 Å². The first-order chi connectivity index (χ1) is 16.7. The summed E-state index contributed by atoms with van der Waals surface area (Å²) in [7, 11) is 1.34. The number of nitrogens with two attached hydrogens (primary N) is 1. The Hall–Kier alpha value is -3.86. The fourth-order valence-corrected chi connectivity index (χ4v) is 4.13. The van der Waals surface area contributed by atoms with Crippen molar-refractivity contribution in [3.05, 3.63) is 71.5 Å². The summed E-state index contributed by atoms with van der Waals surface area (Å²) in [6.07, 6.45) is -1.55. The standard InChI is InChI=1S/C24H24F3N5O3/c1-35-20-14-32(18-8-3-6-16(12-18)24(25,26)27)30-21(20)23(34)29-17-7-2-5-15(11-17)13-31-10-4-9-19(31)22(28)33/h2-3,5-8,11-12,14,19H,4,9-10,13H2,1H3,(H2,28,33)(H,29,34). The van der Waals surface area contributed by atoms with Crippen LogP contribution in [0, 0.1) is 0 Å². The van der Waals surface area contributed by atoms with E-state index in [0.29, 0.717) is 12.2 Å². The highest BCUT2D eigenvalue weighted by Gasteiger charge is 2.31. The second-order valence-corrected chi connectivity index (χ2v) is 8.22. The lowest BCUT2D eigenvalue weighted by molar-refractivity contribution is -0.137. The number of hydrogen-bond donors (Lipinski definition) is 2. The summed E-state index contributed by atoms with van der Waals surface area (Å²) in [6.45, 7) is 1.26. The molecule has 2 amide bonds. The number of anilines is 1. The van der Waals surface area contributed by atoms with E-state index in [1.165, 1.54) is 25.4 Å². The van der Waals surface area contributed by atoms with Crippen molar-refractivity contribution >= 4 is 17.5 Å². The second kappa shape index (κ2) is 9.79. The molecule has 1 unspecified atom stereocenters. The highest BCUT2D eigenvalue weighted by molar-refractivity contribution is 6.04. The van der Waals surface area contributed by atoms with E-state index >= 15 is 0 Å². The molecule has 1 atom stereocenters. The summed E-state index contributed by atoms with van der Waals surface area (Å²) in [6, 6.07) is 11.4. The van der Waals surface area contributed by atoms with Crippen LogP contribution in [0.5, 0.6) is 5.75 Å². The normalized spacial score (nSPS) is 16.3. The maximum Gasteiger partial charge on any atom is 0.416 e. The third-order valence-electron chi connectivity index (χ3n) is 5.82. The molecule has 184 valence electrons. The number of primary amides is 1. The van der Waals surface area contributed by atoms with Crippen molar-refractivity contribution in [1.82, 2.24) is 14.7 Å². The van der Waals surface area contributed by atoms with Crippen molar-refractivity contribution in [2.75, 3.05) is 19.0 Å². The van der Waals surface area contributed by atoms with Gasteiger partial charge in [0.1, 0.15) is 0 Å². The molecule has 0 aliphatic carbocycles. The zero-order chi connectivity index (χ0) is 25.2. The van der Waals surface area contributed by atoms with Gasteiger partial charge in [0, 0.05) is 12.2 Å². The SMILES string of the molecule is COc1cn(-c2cccc(C(F)(F)F)c2)nc1C(=O)Nc1cccc(CN2CCCC2C(N)=O)c1. The van der Waals surface area contributed by atoms with Gasteiger partial charge in [-0.15, -0.1) is 0 Å². The van der Waals surface area contributed by atoms with Gasteiger partial charge in [0.2, 0.25) is 5.91 Å². The minimum absolute atomic E-state index is 0.0800. The molecular weight excluding hydrogens is 463 g/mol. The summed E-state index contributed by atoms with van der Waals surface area (Å²) >= 11 is 0. The first-order valence-corrected chi connectivity index (χ1v) is 10.9. The lowest BCUT2D eigenvalue weighted by Gasteiger charge is -2.22. The molecule has 2 heterocycles. The van der Waals surface area contributed by atoms with E-state index in [-0.39, 0.29) is 29.1 Å². The van der Waals surface area contributed by atoms with Crippen LogP contribution in [-0.4, -0.2) is 46.2 Å². The Bertz CT molecular complexity index is 1240. The quantitative estimate of drug-likeness (QED) is 0.530. The molecule has 11 heteroatoms. The second-order valence-electron chi connectivity index (χ2n) is 8.22. The van der Waals surface area contributed by atoms with Crippen LogP contribution in [0.15, 0.2) is 54.7 Å². The van der Waals surface area contributed by atoms with E-state index in [9.17, 15) is 22.8 Å². The van der Waals surface area contributed by atoms with E-state index in [0.717, 1.165) is 41.8 Å². The van der Waals surface area contributed by atoms with E-state index < -0.39 is 17.6 Å². The third kappa shape index (κ3) is 5.46. The molecule has 3 aromatic rings. The van der Waals surface area contributed by atoms with Gasteiger partial charge in [0.15, 0.2) is 11.4 Å². The third-order valence-corrected chi connectivity index (χ3v) is 5.82. The van der Waals surface area contributed by atoms with E-state index in [4.69, 9.17) is 10.5 Å². The highest BCUT2D eigenvalue weighted by Crippen LogP contribution is 2.31. The van der Waals surface area contributed by atoms with Crippen LogP contribution >= 0.6 is 0 Å². The number of carbonyl (C=O) groups excluding carboxylic acids is 2. The van der Waals surface area contributed by atoms with Gasteiger partial charge in [0.05, 0.1) is 30.6 Å². The number of methoxy groups -OCH3 is 1. The van der Waals surface area contributed by atoms with Crippen molar-refractivity contribution in [3.63, 3.8) is 0 Å². The largest absolute Gasteiger partial charge is 0.493 e. The zero-order valence-electron chi connectivity index (χ0n) is 18.9. The molecule has 3 N–H and O–H groups in total. The number of halogens is 3. The predicted octanol–water partition coefficient (Wildman–Crippen LogP) is 3.60. The molecule has 1 aliphatic heterocycles. The number of carbonyl (C=O) groups is 2. The number of nitrogens with zero attached hydrogens (tertiary/aromatic N) is 3. The first kappa shape index (κ1) is 24.3. The van der Waals surface area contributed by atoms with Crippen molar-refractivity contribution in [2.45, 2.75) is 31.6 Å². The summed E-state index contributed by atoms with van der Waals surface area (Å²) in [5, 5.41) is 6.91. The Kier molecular flexibility index (Phi) is 6.79. The number of aromatic nitrogens is 2. The summed E-state index contributed by atoms with van der Waals surface area (Å²) in [5.41, 5.74) is 6.10. The number of benzene rings is 2. The van der Waals surface area contributed by atoms with Crippen LogP contribution in [0.3, 0.4) is 0 Å². The minimum atomic E-state index is -4.51. The molecule has 1 fully saturated rings. The number of ether oxygens (including phenoxy) is 1. The van der Waals surface area contributed by atoms with Gasteiger partial charge in [-0.05, 0) is 55.3 Å². The van der Waals surface area contributed by atoms with Gasteiger partial charge in [-0.25, -0.2) is 4.68 Å². The van der Waals surface area contributed by atoms with Crippen LogP contribution in [0.4, 0.5) is 18.9 Å². The number of nitrogens with one attached hydrogen (secondary N) is 1. The van der Waals surface area contributed by atoms with Crippen molar-refractivity contribution in [3.8, 4) is 11.4 Å². The minimum Gasteiger partial charge on any atom is -0.493 e. The van der Waals surface area contributed by atoms with Gasteiger partial charge in [-0.1, -0.05) is 18.2 Å². The number of amides is 2. The molecule has 0 bridgehead atoms. The molecule has 1 aromatic heterocycles. The van der Waals surface area contributed by atoms with Crippen LogP contribution in [0.1, 0.15) is 34.5 Å². The lowest BCUT2D eigenvalue weighted by atomic mass is 10.1. The number of hydrogen-bond acceptors (Lipinski definition) is 5. The molecule has 1 aliphatic rings. The van der Waals surface area contributed by atoms with Crippen molar-refractivity contribution in [2.24, 2.45) is 5.73 Å². The van der Waals surface area contributed by atoms with Crippen LogP contribution in [0.25, 0.3) is 5.69 Å². The fraction of sp³-hybridized carbons (Fsp3) is 0.292. The van der Waals surface area contributed by atoms with Gasteiger partial charge in [-0.2, -0.15) is 18.3 Å². The molecule has 0 saturated carbocycles. The van der Waals surface area contributed by atoms with Gasteiger partial charge < -0.3 is 15.8 Å². The smallest absolute Gasteiger partial charge is 0.416 e. The molecule has 2 aromatic carbocycles. The average molecular weight is 487 g/mol. The Labute approximate surface area is 199 Å². The van der Waals surface area contributed by atoms with E-state index in [2.05, 4.69) is 10.4 Å². The Morgan fingerprint density at radius 2 is 1.97 bits per heavy atom. The van der Waals surface area contributed by atoms with Crippen molar-refractivity contribution < 1.29 is 27.5 Å². The Morgan fingerprint density at radius 1 is 1.20 bits per heavy atom. The van der Waals surface area contributed by atoms with Gasteiger partial charge in [0.25, 0.3) is 5.91 Å². The summed E-state index contributed by atoms with van der Waals surface area (Å²) < 4.78 is 45.6. The molecular formula is C24H24F3N5O3. The number of rotatable bonds is 7. The Morgan fingerprint density at radius 3 is 2.69 bits per heavy atom. The van der Waals surface area contributed by atoms with Crippen LogP contribution in [0.2, 0.25) is 0 Å². The van der Waals surface area contributed by atoms with Gasteiger partial charge in [-0.3, -0.25) is 14.5 Å². The fourth-order valence-electron chi connectivity index (χ4n) is 4.13. The van der Waals surface area contributed by atoms with E-state index in [1.54, 1.807) is 18.2 Å².